The van der Waals surface area contributed by atoms with E-state index in [9.17, 15) is 4.79 Å². The molecule has 0 aliphatic rings. The lowest BCUT2D eigenvalue weighted by atomic mass is 10.3. The molecule has 0 aliphatic carbocycles. The van der Waals surface area contributed by atoms with E-state index in [0.29, 0.717) is 15.7 Å². The zero-order chi connectivity index (χ0) is 12.3. The second kappa shape index (κ2) is 5.17. The molecular weight excluding hydrogens is 259 g/mol. The molecule has 0 radical (unpaired) electrons. The highest BCUT2D eigenvalue weighted by Gasteiger charge is 2.08. The van der Waals surface area contributed by atoms with Gasteiger partial charge in [0.25, 0.3) is 5.91 Å². The third-order valence-corrected chi connectivity index (χ3v) is 2.64. The Kier molecular flexibility index (Phi) is 3.61. The molecule has 0 aliphatic heterocycles. The summed E-state index contributed by atoms with van der Waals surface area (Å²) in [4.78, 5) is 15.7. The number of hydrogen-bond acceptors (Lipinski definition) is 2. The summed E-state index contributed by atoms with van der Waals surface area (Å²) >= 11 is 11.6. The van der Waals surface area contributed by atoms with Crippen LogP contribution in [-0.2, 0) is 0 Å². The summed E-state index contributed by atoms with van der Waals surface area (Å²) in [5, 5.41) is 3.64. The predicted octanol–water partition coefficient (Wildman–Crippen LogP) is 3.64. The highest BCUT2D eigenvalue weighted by molar-refractivity contribution is 6.34. The van der Waals surface area contributed by atoms with Crippen LogP contribution in [0, 0.1) is 0 Å². The van der Waals surface area contributed by atoms with Crippen LogP contribution in [0.25, 0.3) is 0 Å². The van der Waals surface area contributed by atoms with Crippen LogP contribution in [0.3, 0.4) is 0 Å². The number of anilines is 1. The highest BCUT2D eigenvalue weighted by atomic mass is 35.5. The van der Waals surface area contributed by atoms with E-state index in [4.69, 9.17) is 23.2 Å². The number of nitrogens with one attached hydrogen (secondary N) is 1. The van der Waals surface area contributed by atoms with Gasteiger partial charge in [0, 0.05) is 6.20 Å². The molecule has 0 unspecified atom stereocenters. The van der Waals surface area contributed by atoms with E-state index in [1.165, 1.54) is 6.20 Å². The number of rotatable bonds is 2. The van der Waals surface area contributed by atoms with Crippen molar-refractivity contribution in [3.63, 3.8) is 0 Å². The Balaban J connectivity index is 2.17. The summed E-state index contributed by atoms with van der Waals surface area (Å²) in [6, 6.07) is 10.2. The average Bonchev–Trinajstić information content (AvgIpc) is 2.33. The Labute approximate surface area is 108 Å². The molecule has 2 aromatic rings. The number of nitrogens with zero attached hydrogens (tertiary/aromatic N) is 1. The first-order chi connectivity index (χ1) is 8.16. The molecule has 0 spiro atoms. The van der Waals surface area contributed by atoms with Gasteiger partial charge in [0.15, 0.2) is 0 Å². The summed E-state index contributed by atoms with van der Waals surface area (Å²) < 4.78 is 0. The van der Waals surface area contributed by atoms with Gasteiger partial charge in [-0.25, -0.2) is 4.98 Å². The molecule has 1 aromatic carbocycles. The number of halogens is 2. The van der Waals surface area contributed by atoms with Gasteiger partial charge in [-0.2, -0.15) is 0 Å². The molecule has 0 atom stereocenters. The van der Waals surface area contributed by atoms with Crippen molar-refractivity contribution >= 4 is 34.8 Å². The monoisotopic (exact) mass is 266 g/mol. The number of para-hydroxylation sites is 1. The second-order valence-electron chi connectivity index (χ2n) is 3.30. The third kappa shape index (κ3) is 2.96. The van der Waals surface area contributed by atoms with Crippen molar-refractivity contribution in [1.82, 2.24) is 4.98 Å². The van der Waals surface area contributed by atoms with E-state index in [1.54, 1.807) is 36.4 Å². The number of aromatic nitrogens is 1. The Hall–Kier alpha value is -1.58. The highest BCUT2D eigenvalue weighted by Crippen LogP contribution is 2.21. The Bertz CT molecular complexity index is 540. The molecular formula is C12H8Cl2N2O. The van der Waals surface area contributed by atoms with Crippen LogP contribution in [0.1, 0.15) is 10.5 Å². The van der Waals surface area contributed by atoms with Crippen molar-refractivity contribution < 1.29 is 4.79 Å². The van der Waals surface area contributed by atoms with E-state index in [1.807, 2.05) is 0 Å². The summed E-state index contributed by atoms with van der Waals surface area (Å²) in [6.45, 7) is 0. The SMILES string of the molecule is O=C(Nc1ccccc1Cl)c1ccc(Cl)cn1. The van der Waals surface area contributed by atoms with Gasteiger partial charge in [-0.3, -0.25) is 4.79 Å². The van der Waals surface area contributed by atoms with Crippen molar-refractivity contribution in [3.8, 4) is 0 Å². The minimum atomic E-state index is -0.324. The minimum Gasteiger partial charge on any atom is -0.319 e. The van der Waals surface area contributed by atoms with E-state index >= 15 is 0 Å². The molecule has 1 heterocycles. The van der Waals surface area contributed by atoms with Crippen molar-refractivity contribution in [2.75, 3.05) is 5.32 Å². The third-order valence-electron chi connectivity index (χ3n) is 2.08. The zero-order valence-corrected chi connectivity index (χ0v) is 10.2. The zero-order valence-electron chi connectivity index (χ0n) is 8.65. The number of pyridine rings is 1. The van der Waals surface area contributed by atoms with Crippen molar-refractivity contribution in [2.45, 2.75) is 0 Å². The van der Waals surface area contributed by atoms with Crippen LogP contribution >= 0.6 is 23.2 Å². The second-order valence-corrected chi connectivity index (χ2v) is 4.14. The normalized spacial score (nSPS) is 10.0. The van der Waals surface area contributed by atoms with Gasteiger partial charge in [-0.1, -0.05) is 35.3 Å². The van der Waals surface area contributed by atoms with Crippen LogP contribution in [-0.4, -0.2) is 10.9 Å². The Morgan fingerprint density at radius 1 is 1.12 bits per heavy atom. The fourth-order valence-corrected chi connectivity index (χ4v) is 1.55. The van der Waals surface area contributed by atoms with Crippen molar-refractivity contribution in [3.05, 3.63) is 58.3 Å². The van der Waals surface area contributed by atoms with Gasteiger partial charge in [0.2, 0.25) is 0 Å². The van der Waals surface area contributed by atoms with Gasteiger partial charge in [-0.05, 0) is 24.3 Å². The minimum absolute atomic E-state index is 0.286. The maximum Gasteiger partial charge on any atom is 0.274 e. The van der Waals surface area contributed by atoms with Gasteiger partial charge < -0.3 is 5.32 Å². The molecule has 0 bridgehead atoms. The Morgan fingerprint density at radius 3 is 2.53 bits per heavy atom. The van der Waals surface area contributed by atoms with E-state index < -0.39 is 0 Å². The number of amides is 1. The largest absolute Gasteiger partial charge is 0.319 e. The summed E-state index contributed by atoms with van der Waals surface area (Å²) in [6.07, 6.45) is 1.42. The molecule has 0 saturated heterocycles. The van der Waals surface area contributed by atoms with Gasteiger partial charge in [0.1, 0.15) is 5.69 Å². The van der Waals surface area contributed by atoms with Crippen molar-refractivity contribution in [2.24, 2.45) is 0 Å². The molecule has 0 saturated carbocycles. The van der Waals surface area contributed by atoms with Crippen LogP contribution in [0.4, 0.5) is 5.69 Å². The molecule has 3 nitrogen and oxygen atoms in total. The van der Waals surface area contributed by atoms with E-state index in [-0.39, 0.29) is 11.6 Å². The van der Waals surface area contributed by atoms with Crippen molar-refractivity contribution in [1.29, 1.82) is 0 Å². The fourth-order valence-electron chi connectivity index (χ4n) is 1.26. The molecule has 5 heteroatoms. The Morgan fingerprint density at radius 2 is 1.88 bits per heavy atom. The summed E-state index contributed by atoms with van der Waals surface area (Å²) in [5.74, 6) is -0.324. The maximum absolute atomic E-state index is 11.8. The lowest BCUT2D eigenvalue weighted by Crippen LogP contribution is -2.13. The first-order valence-electron chi connectivity index (χ1n) is 4.84. The average molecular weight is 267 g/mol. The predicted molar refractivity (Wildman–Crippen MR) is 68.7 cm³/mol. The molecule has 1 amide bonds. The first kappa shape index (κ1) is 11.9. The summed E-state index contributed by atoms with van der Waals surface area (Å²) in [5.41, 5.74) is 0.838. The van der Waals surface area contributed by atoms with Crippen LogP contribution < -0.4 is 5.32 Å². The molecule has 17 heavy (non-hydrogen) atoms. The van der Waals surface area contributed by atoms with Crippen LogP contribution in [0.5, 0.6) is 0 Å². The number of hydrogen-bond donors (Lipinski definition) is 1. The maximum atomic E-state index is 11.8. The summed E-state index contributed by atoms with van der Waals surface area (Å²) in [7, 11) is 0. The van der Waals surface area contributed by atoms with E-state index in [2.05, 4.69) is 10.3 Å². The van der Waals surface area contributed by atoms with Crippen LogP contribution in [0.15, 0.2) is 42.6 Å². The van der Waals surface area contributed by atoms with Crippen LogP contribution in [0.2, 0.25) is 10.0 Å². The lowest BCUT2D eigenvalue weighted by molar-refractivity contribution is 0.102. The van der Waals surface area contributed by atoms with Gasteiger partial charge >= 0.3 is 0 Å². The first-order valence-corrected chi connectivity index (χ1v) is 5.60. The molecule has 1 aromatic heterocycles. The van der Waals surface area contributed by atoms with Gasteiger partial charge in [0.05, 0.1) is 15.7 Å². The molecule has 86 valence electrons. The van der Waals surface area contributed by atoms with E-state index in [0.717, 1.165) is 0 Å². The van der Waals surface area contributed by atoms with Gasteiger partial charge in [-0.15, -0.1) is 0 Å². The lowest BCUT2D eigenvalue weighted by Gasteiger charge is -2.06. The number of benzene rings is 1. The molecule has 1 N–H and O–H groups in total. The molecule has 2 rings (SSSR count). The molecule has 0 fully saturated rings. The fraction of sp³-hybridized carbons (Fsp3) is 0. The number of carbonyl (C=O) groups excluding carboxylic acids is 1. The number of carbonyl (C=O) groups is 1. The topological polar surface area (TPSA) is 42.0 Å². The standard InChI is InChI=1S/C12H8Cl2N2O/c13-8-5-6-11(15-7-8)12(17)16-10-4-2-1-3-9(10)14/h1-7H,(H,16,17). The quantitative estimate of drug-likeness (QED) is 0.902. The smallest absolute Gasteiger partial charge is 0.274 e.